The second-order valence-corrected chi connectivity index (χ2v) is 4.32. The molecular formula is C14H9ClF2O. The van der Waals surface area contributed by atoms with E-state index in [2.05, 4.69) is 0 Å². The van der Waals surface area contributed by atoms with E-state index in [1.54, 1.807) is 0 Å². The predicted octanol–water partition coefficient (Wildman–Crippen LogP) is 4.41. The first-order valence-electron chi connectivity index (χ1n) is 5.24. The predicted molar refractivity (Wildman–Crippen MR) is 66.9 cm³/mol. The molecule has 0 saturated carbocycles. The minimum atomic E-state index is -0.934. The van der Waals surface area contributed by atoms with Gasteiger partial charge in [-0.3, -0.25) is 4.79 Å². The van der Waals surface area contributed by atoms with Gasteiger partial charge in [-0.1, -0.05) is 35.9 Å². The highest BCUT2D eigenvalue weighted by Gasteiger charge is 2.14. The third-order valence-corrected chi connectivity index (χ3v) is 3.01. The zero-order chi connectivity index (χ0) is 13.3. The Labute approximate surface area is 108 Å². The number of aldehydes is 1. The van der Waals surface area contributed by atoms with E-state index in [1.807, 2.05) is 0 Å². The minimum Gasteiger partial charge on any atom is -0.298 e. The number of halogens is 3. The standard InChI is InChI=1S/C14H9ClF2O/c1-8-2-4-11(14(17)13(8)16)10-5-3-9(7-18)6-12(10)15/h2-7H,1H3. The molecule has 0 bridgehead atoms. The van der Waals surface area contributed by atoms with Gasteiger partial charge in [0.1, 0.15) is 6.29 Å². The fourth-order valence-electron chi connectivity index (χ4n) is 1.68. The van der Waals surface area contributed by atoms with Crippen molar-refractivity contribution in [3.05, 3.63) is 58.1 Å². The second-order valence-electron chi connectivity index (χ2n) is 3.92. The topological polar surface area (TPSA) is 17.1 Å². The average Bonchev–Trinajstić information content (AvgIpc) is 2.37. The summed E-state index contributed by atoms with van der Waals surface area (Å²) >= 11 is 5.96. The molecule has 0 aliphatic rings. The van der Waals surface area contributed by atoms with Crippen molar-refractivity contribution in [2.24, 2.45) is 0 Å². The number of hydrogen-bond donors (Lipinski definition) is 0. The molecule has 0 amide bonds. The van der Waals surface area contributed by atoms with Gasteiger partial charge in [0.2, 0.25) is 0 Å². The molecular weight excluding hydrogens is 258 g/mol. The quantitative estimate of drug-likeness (QED) is 0.736. The molecule has 0 aromatic heterocycles. The van der Waals surface area contributed by atoms with E-state index in [1.165, 1.54) is 37.3 Å². The molecule has 0 aliphatic carbocycles. The fraction of sp³-hybridized carbons (Fsp3) is 0.0714. The summed E-state index contributed by atoms with van der Waals surface area (Å²) in [7, 11) is 0. The molecule has 92 valence electrons. The van der Waals surface area contributed by atoms with Crippen molar-refractivity contribution in [3.8, 4) is 11.1 Å². The lowest BCUT2D eigenvalue weighted by molar-refractivity contribution is 0.112. The van der Waals surface area contributed by atoms with Crippen LogP contribution in [0.25, 0.3) is 11.1 Å². The zero-order valence-corrected chi connectivity index (χ0v) is 10.3. The maximum Gasteiger partial charge on any atom is 0.166 e. The van der Waals surface area contributed by atoms with Crippen molar-refractivity contribution in [1.29, 1.82) is 0 Å². The Morgan fingerprint density at radius 3 is 2.33 bits per heavy atom. The second kappa shape index (κ2) is 4.86. The molecule has 0 aliphatic heterocycles. The van der Waals surface area contributed by atoms with Crippen molar-refractivity contribution in [2.75, 3.05) is 0 Å². The van der Waals surface area contributed by atoms with Gasteiger partial charge in [-0.25, -0.2) is 8.78 Å². The van der Waals surface area contributed by atoms with Crippen LogP contribution < -0.4 is 0 Å². The Morgan fingerprint density at radius 1 is 1.06 bits per heavy atom. The summed E-state index contributed by atoms with van der Waals surface area (Å²) in [5.41, 5.74) is 1.06. The van der Waals surface area contributed by atoms with Crippen molar-refractivity contribution in [1.82, 2.24) is 0 Å². The van der Waals surface area contributed by atoms with Crippen molar-refractivity contribution >= 4 is 17.9 Å². The molecule has 0 spiro atoms. The molecule has 0 N–H and O–H groups in total. The third-order valence-electron chi connectivity index (χ3n) is 2.69. The highest BCUT2D eigenvalue weighted by Crippen LogP contribution is 2.32. The molecule has 2 aromatic carbocycles. The number of carbonyl (C=O) groups is 1. The molecule has 4 heteroatoms. The van der Waals surface area contributed by atoms with Gasteiger partial charge in [-0.15, -0.1) is 0 Å². The number of hydrogen-bond acceptors (Lipinski definition) is 1. The highest BCUT2D eigenvalue weighted by atomic mass is 35.5. The van der Waals surface area contributed by atoms with Crippen LogP contribution in [0.5, 0.6) is 0 Å². The first-order valence-corrected chi connectivity index (χ1v) is 5.62. The van der Waals surface area contributed by atoms with Crippen LogP contribution in [0.3, 0.4) is 0 Å². The van der Waals surface area contributed by atoms with Crippen molar-refractivity contribution < 1.29 is 13.6 Å². The third kappa shape index (κ3) is 2.14. The first kappa shape index (κ1) is 12.7. The summed E-state index contributed by atoms with van der Waals surface area (Å²) in [6, 6.07) is 7.37. The lowest BCUT2D eigenvalue weighted by Gasteiger charge is -2.08. The fourth-order valence-corrected chi connectivity index (χ4v) is 1.97. The molecule has 0 radical (unpaired) electrons. The molecule has 0 fully saturated rings. The first-order chi connectivity index (χ1) is 8.54. The van der Waals surface area contributed by atoms with Gasteiger partial charge in [-0.2, -0.15) is 0 Å². The number of carbonyl (C=O) groups excluding carboxylic acids is 1. The minimum absolute atomic E-state index is 0.0838. The van der Waals surface area contributed by atoms with Gasteiger partial charge >= 0.3 is 0 Å². The van der Waals surface area contributed by atoms with Gasteiger partial charge < -0.3 is 0 Å². The van der Waals surface area contributed by atoms with Gasteiger partial charge in [0.05, 0.1) is 0 Å². The van der Waals surface area contributed by atoms with Crippen LogP contribution >= 0.6 is 11.6 Å². The normalized spacial score (nSPS) is 10.4. The van der Waals surface area contributed by atoms with Crippen molar-refractivity contribution in [2.45, 2.75) is 6.92 Å². The molecule has 0 atom stereocenters. The van der Waals surface area contributed by atoms with E-state index < -0.39 is 11.6 Å². The smallest absolute Gasteiger partial charge is 0.166 e. The molecule has 2 aromatic rings. The van der Waals surface area contributed by atoms with Crippen LogP contribution in [0.2, 0.25) is 5.02 Å². The van der Waals surface area contributed by atoms with E-state index in [-0.39, 0.29) is 16.1 Å². The van der Waals surface area contributed by atoms with Crippen LogP contribution in [0.1, 0.15) is 15.9 Å². The monoisotopic (exact) mass is 266 g/mol. The Balaban J connectivity index is 2.62. The lowest BCUT2D eigenvalue weighted by atomic mass is 10.0. The van der Waals surface area contributed by atoms with Crippen LogP contribution in [0.4, 0.5) is 8.78 Å². The lowest BCUT2D eigenvalue weighted by Crippen LogP contribution is -1.94. The zero-order valence-electron chi connectivity index (χ0n) is 9.51. The van der Waals surface area contributed by atoms with E-state index >= 15 is 0 Å². The Morgan fingerprint density at radius 2 is 1.72 bits per heavy atom. The van der Waals surface area contributed by atoms with Crippen LogP contribution in [0, 0.1) is 18.6 Å². The molecule has 1 nitrogen and oxygen atoms in total. The molecule has 0 saturated heterocycles. The van der Waals surface area contributed by atoms with Crippen LogP contribution in [-0.4, -0.2) is 6.29 Å². The molecule has 0 heterocycles. The Hall–Kier alpha value is -1.74. The summed E-state index contributed by atoms with van der Waals surface area (Å²) < 4.78 is 27.3. The summed E-state index contributed by atoms with van der Waals surface area (Å²) in [6.07, 6.45) is 0.641. The van der Waals surface area contributed by atoms with Crippen molar-refractivity contribution in [3.63, 3.8) is 0 Å². The average molecular weight is 267 g/mol. The molecule has 2 rings (SSSR count). The van der Waals surface area contributed by atoms with E-state index in [0.29, 0.717) is 17.4 Å². The van der Waals surface area contributed by atoms with Gasteiger partial charge in [0.15, 0.2) is 11.6 Å². The molecule has 0 unspecified atom stereocenters. The van der Waals surface area contributed by atoms with E-state index in [0.717, 1.165) is 0 Å². The number of aryl methyl sites for hydroxylation is 1. The summed E-state index contributed by atoms with van der Waals surface area (Å²) in [5.74, 6) is -1.82. The SMILES string of the molecule is Cc1ccc(-c2ccc(C=O)cc2Cl)c(F)c1F. The van der Waals surface area contributed by atoms with Gasteiger partial charge in [0, 0.05) is 21.7 Å². The number of rotatable bonds is 2. The molecule has 18 heavy (non-hydrogen) atoms. The Bertz CT molecular complexity index is 623. The van der Waals surface area contributed by atoms with Gasteiger partial charge in [-0.05, 0) is 18.6 Å². The Kier molecular flexibility index (Phi) is 3.43. The number of benzene rings is 2. The summed E-state index contributed by atoms with van der Waals surface area (Å²) in [5, 5.41) is 0.210. The van der Waals surface area contributed by atoms with Crippen LogP contribution in [-0.2, 0) is 0 Å². The van der Waals surface area contributed by atoms with E-state index in [9.17, 15) is 13.6 Å². The maximum absolute atomic E-state index is 13.8. The van der Waals surface area contributed by atoms with E-state index in [4.69, 9.17) is 11.6 Å². The summed E-state index contributed by atoms with van der Waals surface area (Å²) in [4.78, 5) is 10.6. The van der Waals surface area contributed by atoms with Crippen LogP contribution in [0.15, 0.2) is 30.3 Å². The summed E-state index contributed by atoms with van der Waals surface area (Å²) in [6.45, 7) is 1.49. The maximum atomic E-state index is 13.8. The highest BCUT2D eigenvalue weighted by molar-refractivity contribution is 6.33. The van der Waals surface area contributed by atoms with Gasteiger partial charge in [0.25, 0.3) is 0 Å². The largest absolute Gasteiger partial charge is 0.298 e.